The zero-order valence-corrected chi connectivity index (χ0v) is 57.8. The number of anilines is 1. The number of nitrogen functional groups attached to an aromatic ring is 1. The van der Waals surface area contributed by atoms with Gasteiger partial charge in [-0.05, 0) is 39.3 Å². The van der Waals surface area contributed by atoms with Crippen LogP contribution in [0.2, 0.25) is 0 Å². The van der Waals surface area contributed by atoms with Gasteiger partial charge in [-0.15, -0.1) is 22.7 Å². The SMILES string of the molecule is Cc1c(N)nc(C(CC(N)=O)NCC(N)C(N)=O)nc1C(=O)N(C)C(C(=O)NC(C)C(O)C(C)C(O)NC(C(=O)NCCc1nc(-c2nc(C(=O)NCCCNCc3ccccc3)cs2)cs1)C(C)O)C(OC1OC(CO)C(O)C(O)C1OC1OC(CO)C(O)C(OC(N)=O)C1O)c1cnc[nH]1. The van der Waals surface area contributed by atoms with Gasteiger partial charge >= 0.3 is 6.09 Å². The quantitative estimate of drug-likeness (QED) is 0.0129. The van der Waals surface area contributed by atoms with E-state index in [0.717, 1.165) is 30.0 Å². The van der Waals surface area contributed by atoms with Gasteiger partial charge in [-0.1, -0.05) is 37.3 Å². The number of aromatic amines is 1. The van der Waals surface area contributed by atoms with Crippen LogP contribution in [-0.4, -0.2) is 273 Å². The van der Waals surface area contributed by atoms with Crippen molar-refractivity contribution in [3.8, 4) is 10.7 Å². The molecular formula is C61H90N18O21S2. The number of nitrogens with zero attached hydrogens (tertiary/aromatic N) is 6. The molecule has 20 atom stereocenters. The first kappa shape index (κ1) is 81.3. The minimum absolute atomic E-state index is 0.0144. The largest absolute Gasteiger partial charge is 0.441 e. The van der Waals surface area contributed by atoms with E-state index in [0.29, 0.717) is 41.8 Å². The number of thiazole rings is 2. The van der Waals surface area contributed by atoms with Gasteiger partial charge in [0.25, 0.3) is 11.8 Å². The van der Waals surface area contributed by atoms with Crippen molar-refractivity contribution in [3.63, 3.8) is 0 Å². The number of primary amides is 3. The maximum Gasteiger partial charge on any atom is 0.404 e. The Bertz CT molecular complexity index is 3570. The van der Waals surface area contributed by atoms with Crippen molar-refractivity contribution in [2.45, 2.75) is 170 Å². The Kier molecular flexibility index (Phi) is 30.2. The summed E-state index contributed by atoms with van der Waals surface area (Å²) in [5.74, 6) is -7.27. The van der Waals surface area contributed by atoms with Crippen LogP contribution in [0.25, 0.3) is 10.7 Å². The van der Waals surface area contributed by atoms with Crippen LogP contribution in [-0.2, 0) is 55.8 Å². The summed E-state index contributed by atoms with van der Waals surface area (Å²) in [5.41, 5.74) is 29.5. The molecule has 4 aromatic heterocycles. The molecule has 0 radical (unpaired) electrons. The molecule has 26 N–H and O–H groups in total. The molecule has 20 unspecified atom stereocenters. The Balaban J connectivity index is 1.10. The fourth-order valence-corrected chi connectivity index (χ4v) is 12.5. The summed E-state index contributed by atoms with van der Waals surface area (Å²) in [6.07, 6.45) is -25.9. The van der Waals surface area contributed by atoms with Crippen molar-refractivity contribution < 1.29 is 103 Å². The van der Waals surface area contributed by atoms with Gasteiger partial charge < -0.3 is 135 Å². The highest BCUT2D eigenvalue weighted by Crippen LogP contribution is 2.36. The molecule has 102 heavy (non-hydrogen) atoms. The number of hydrogen-bond acceptors (Lipinski definition) is 33. The number of H-pyrrole nitrogens is 1. The number of imidazole rings is 1. The van der Waals surface area contributed by atoms with E-state index in [4.69, 9.17) is 52.4 Å². The average Bonchev–Trinajstić information content (AvgIpc) is 1.19. The van der Waals surface area contributed by atoms with Crippen LogP contribution in [0.1, 0.15) is 94.4 Å². The Morgan fingerprint density at radius 3 is 2.16 bits per heavy atom. The number of nitrogens with two attached hydrogens (primary N) is 5. The van der Waals surface area contributed by atoms with E-state index in [9.17, 15) is 69.9 Å². The topological polar surface area (TPSA) is 633 Å². The Hall–Kier alpha value is -8.02. The van der Waals surface area contributed by atoms with Crippen LogP contribution in [0.5, 0.6) is 0 Å². The fraction of sp³-hybridized carbons (Fsp3) is 0.574. The molecule has 41 heteroatoms. The number of aliphatic hydroxyl groups excluding tert-OH is 9. The molecule has 7 amide bonds. The molecular weight excluding hydrogens is 1380 g/mol. The van der Waals surface area contributed by atoms with Gasteiger partial charge in [0, 0.05) is 68.3 Å². The zero-order chi connectivity index (χ0) is 74.8. The predicted octanol–water partition coefficient (Wildman–Crippen LogP) is -6.66. The van der Waals surface area contributed by atoms with Gasteiger partial charge in [0.2, 0.25) is 23.6 Å². The third-order valence-corrected chi connectivity index (χ3v) is 18.6. The monoisotopic (exact) mass is 1470 g/mol. The minimum Gasteiger partial charge on any atom is -0.441 e. The molecule has 562 valence electrons. The highest BCUT2D eigenvalue weighted by molar-refractivity contribution is 7.14. The van der Waals surface area contributed by atoms with E-state index in [1.54, 1.807) is 10.8 Å². The molecule has 6 heterocycles. The van der Waals surface area contributed by atoms with Crippen LogP contribution in [0, 0.1) is 12.8 Å². The molecule has 5 aromatic rings. The van der Waals surface area contributed by atoms with E-state index < -0.39 is 183 Å². The normalized spacial score (nSPS) is 23.6. The minimum atomic E-state index is -2.19. The Labute approximate surface area is 591 Å². The van der Waals surface area contributed by atoms with E-state index in [1.165, 1.54) is 50.4 Å². The third kappa shape index (κ3) is 21.3. The van der Waals surface area contributed by atoms with Crippen LogP contribution < -0.4 is 60.6 Å². The first-order chi connectivity index (χ1) is 48.4. The van der Waals surface area contributed by atoms with Crippen LogP contribution in [0.15, 0.2) is 53.6 Å². The van der Waals surface area contributed by atoms with Gasteiger partial charge in [-0.2, -0.15) is 0 Å². The molecule has 2 fully saturated rings. The Morgan fingerprint density at radius 2 is 1.51 bits per heavy atom. The van der Waals surface area contributed by atoms with Crippen molar-refractivity contribution >= 4 is 70.0 Å². The summed E-state index contributed by atoms with van der Waals surface area (Å²) >= 11 is 2.53. The Morgan fingerprint density at radius 1 is 0.814 bits per heavy atom. The highest BCUT2D eigenvalue weighted by Gasteiger charge is 2.54. The molecule has 0 bridgehead atoms. The molecule has 1 aromatic carbocycles. The van der Waals surface area contributed by atoms with E-state index in [2.05, 4.69) is 61.8 Å². The van der Waals surface area contributed by atoms with E-state index in [1.807, 2.05) is 30.3 Å². The van der Waals surface area contributed by atoms with E-state index >= 15 is 9.59 Å². The lowest BCUT2D eigenvalue weighted by atomic mass is 9.95. The predicted molar refractivity (Wildman–Crippen MR) is 358 cm³/mol. The van der Waals surface area contributed by atoms with Gasteiger partial charge in [-0.25, -0.2) is 29.7 Å². The molecule has 2 aliphatic heterocycles. The number of ether oxygens (including phenoxy) is 5. The number of hydrogen-bond donors (Lipinski definition) is 21. The summed E-state index contributed by atoms with van der Waals surface area (Å²) in [6, 6.07) is 2.31. The molecule has 2 aliphatic rings. The molecule has 0 saturated carbocycles. The van der Waals surface area contributed by atoms with Crippen LogP contribution in [0.4, 0.5) is 10.6 Å². The van der Waals surface area contributed by atoms with Crippen LogP contribution in [0.3, 0.4) is 0 Å². The highest BCUT2D eigenvalue weighted by atomic mass is 32.1. The number of amides is 7. The zero-order valence-electron chi connectivity index (χ0n) is 56.1. The van der Waals surface area contributed by atoms with Crippen molar-refractivity contribution in [3.05, 3.63) is 92.7 Å². The summed E-state index contributed by atoms with van der Waals surface area (Å²) in [7, 11) is 1.08. The molecule has 0 aliphatic carbocycles. The van der Waals surface area contributed by atoms with Gasteiger partial charge in [0.1, 0.15) is 101 Å². The number of aromatic nitrogens is 6. The maximum atomic E-state index is 15.5. The summed E-state index contributed by atoms with van der Waals surface area (Å²) < 4.78 is 29.0. The van der Waals surface area contributed by atoms with Crippen molar-refractivity contribution in [2.24, 2.45) is 28.9 Å². The molecule has 0 spiro atoms. The first-order valence-electron chi connectivity index (χ1n) is 32.2. The second-order valence-electron chi connectivity index (χ2n) is 24.4. The summed E-state index contributed by atoms with van der Waals surface area (Å²) in [6.45, 7) is 4.77. The number of nitrogens with one attached hydrogen (secondary N) is 7. The number of carbonyl (C=O) groups excluding carboxylic acids is 7. The summed E-state index contributed by atoms with van der Waals surface area (Å²) in [5, 5.41) is 122. The lowest BCUT2D eigenvalue weighted by Gasteiger charge is -2.47. The lowest BCUT2D eigenvalue weighted by Crippen LogP contribution is -2.65. The molecule has 7 rings (SSSR count). The number of rotatable bonds is 38. The summed E-state index contributed by atoms with van der Waals surface area (Å²) in [4.78, 5) is 119. The second-order valence-corrected chi connectivity index (χ2v) is 26.2. The van der Waals surface area contributed by atoms with Crippen molar-refractivity contribution in [1.82, 2.24) is 66.7 Å². The molecule has 2 saturated heterocycles. The first-order valence-corrected chi connectivity index (χ1v) is 34.0. The van der Waals surface area contributed by atoms with E-state index in [-0.39, 0.29) is 54.0 Å². The van der Waals surface area contributed by atoms with Gasteiger partial charge in [-0.3, -0.25) is 34.1 Å². The standard InChI is InChI=1S/C61H90N18O21S2/c1-25-39(76-52(78-50(25)64)31(16-37(63)83)71-18-30(62)51(65)89)58(94)79(5)41(47(32-19-68-24-72-32)98-60-49(45(87)43(85)35(20-80)97-60)99-59-46(88)48(100-61(66)95)44(86)36(21-81)96-59)56(93)73-27(3)42(84)26(2)53(90)77-40(28(4)82)55(92)70-15-12-38-74-34(23-101-38)57-75-33(22-102-57)54(91)69-14-9-13-67-17-29-10-7-6-8-11-29/h6-8,10-11,19,22-24,26-28,30-31,35-36,40-49,53,59-60,67,71,77,80-82,84-88,90H,9,12-18,20-21,62H2,1-5H3,(H2,63,83)(H2,65,89)(H2,66,95)(H,68,72)(H,69,91)(H,70,92)(H,73,93)(H2,64,76,78). The fourth-order valence-electron chi connectivity index (χ4n) is 10.9. The number of carbonyl (C=O) groups is 7. The second kappa shape index (κ2) is 37.9. The average molecular weight is 1480 g/mol. The van der Waals surface area contributed by atoms with Crippen molar-refractivity contribution in [2.75, 3.05) is 52.2 Å². The third-order valence-electron chi connectivity index (χ3n) is 16.8. The maximum absolute atomic E-state index is 15.5. The molecule has 39 nitrogen and oxygen atoms in total. The van der Waals surface area contributed by atoms with Gasteiger partial charge in [0.05, 0.1) is 66.8 Å². The van der Waals surface area contributed by atoms with Gasteiger partial charge in [0.15, 0.2) is 18.7 Å². The lowest BCUT2D eigenvalue weighted by molar-refractivity contribution is -0.372. The van der Waals surface area contributed by atoms with Crippen LogP contribution >= 0.6 is 22.7 Å². The number of benzene rings is 1. The smallest absolute Gasteiger partial charge is 0.404 e. The number of likely N-dealkylation sites (N-methyl/N-ethyl adjacent to an activating group) is 1. The number of aliphatic hydroxyl groups is 9. The van der Waals surface area contributed by atoms with Crippen molar-refractivity contribution in [1.29, 1.82) is 0 Å².